The number of hydrogen-bond acceptors (Lipinski definition) is 6. The fourth-order valence-electron chi connectivity index (χ4n) is 2.53. The number of amides is 2. The van der Waals surface area contributed by atoms with Gasteiger partial charge >= 0.3 is 6.03 Å². The van der Waals surface area contributed by atoms with Crippen LogP contribution >= 0.6 is 11.3 Å². The van der Waals surface area contributed by atoms with E-state index in [0.717, 1.165) is 36.0 Å². The van der Waals surface area contributed by atoms with Gasteiger partial charge in [-0.25, -0.2) is 9.78 Å². The molecule has 7 nitrogen and oxygen atoms in total. The van der Waals surface area contributed by atoms with E-state index in [2.05, 4.69) is 15.6 Å². The highest BCUT2D eigenvalue weighted by Gasteiger charge is 2.15. The maximum atomic E-state index is 12.0. The molecule has 1 aliphatic rings. The summed E-state index contributed by atoms with van der Waals surface area (Å²) in [7, 11) is 3.88. The summed E-state index contributed by atoms with van der Waals surface area (Å²) in [5.74, 6) is 0.769. The van der Waals surface area contributed by atoms with Gasteiger partial charge in [-0.15, -0.1) is 11.3 Å². The van der Waals surface area contributed by atoms with Crippen LogP contribution in [0, 0.1) is 0 Å². The Kier molecular flexibility index (Phi) is 6.30. The molecule has 0 spiro atoms. The van der Waals surface area contributed by atoms with Crippen molar-refractivity contribution in [3.63, 3.8) is 0 Å². The number of ether oxygens (including phenoxy) is 2. The Morgan fingerprint density at radius 3 is 2.85 bits per heavy atom. The number of rotatable bonds is 7. The third-order valence-corrected chi connectivity index (χ3v) is 4.98. The van der Waals surface area contributed by atoms with Gasteiger partial charge in [0, 0.05) is 31.8 Å². The van der Waals surface area contributed by atoms with Gasteiger partial charge in [-0.2, -0.15) is 0 Å². The SMILES string of the molecule is CN(C)c1nc(CNC(=O)Nc2ccc(OCC3CCCO3)cc2)cs1. The first-order chi connectivity index (χ1) is 12.6. The van der Waals surface area contributed by atoms with Gasteiger partial charge in [0.2, 0.25) is 0 Å². The molecule has 1 unspecified atom stereocenters. The second-order valence-electron chi connectivity index (χ2n) is 6.29. The number of nitrogens with zero attached hydrogens (tertiary/aromatic N) is 2. The van der Waals surface area contributed by atoms with Crippen LogP contribution in [-0.2, 0) is 11.3 Å². The van der Waals surface area contributed by atoms with Gasteiger partial charge in [0.25, 0.3) is 0 Å². The Hall–Kier alpha value is -2.32. The minimum Gasteiger partial charge on any atom is -0.491 e. The van der Waals surface area contributed by atoms with Crippen LogP contribution in [0.2, 0.25) is 0 Å². The van der Waals surface area contributed by atoms with Crippen LogP contribution in [0.5, 0.6) is 5.75 Å². The van der Waals surface area contributed by atoms with Crippen molar-refractivity contribution in [1.82, 2.24) is 10.3 Å². The van der Waals surface area contributed by atoms with E-state index >= 15 is 0 Å². The van der Waals surface area contributed by atoms with E-state index in [1.54, 1.807) is 11.3 Å². The number of aromatic nitrogens is 1. The van der Waals surface area contributed by atoms with Crippen LogP contribution in [-0.4, -0.2) is 44.4 Å². The second kappa shape index (κ2) is 8.86. The third kappa shape index (κ3) is 5.34. The van der Waals surface area contributed by atoms with Crippen molar-refractivity contribution in [3.05, 3.63) is 35.3 Å². The zero-order chi connectivity index (χ0) is 18.4. The fourth-order valence-corrected chi connectivity index (χ4v) is 3.29. The summed E-state index contributed by atoms with van der Waals surface area (Å²) in [6.45, 7) is 1.78. The average Bonchev–Trinajstić information content (AvgIpc) is 3.31. The number of nitrogens with one attached hydrogen (secondary N) is 2. The number of carbonyl (C=O) groups is 1. The van der Waals surface area contributed by atoms with Crippen molar-refractivity contribution in [2.24, 2.45) is 0 Å². The predicted molar refractivity (Wildman–Crippen MR) is 103 cm³/mol. The molecular formula is C18H24N4O3S. The minimum atomic E-state index is -0.266. The highest BCUT2D eigenvalue weighted by molar-refractivity contribution is 7.13. The molecule has 1 fully saturated rings. The number of benzene rings is 1. The smallest absolute Gasteiger partial charge is 0.319 e. The quantitative estimate of drug-likeness (QED) is 0.777. The number of carbonyl (C=O) groups excluding carboxylic acids is 1. The summed E-state index contributed by atoms with van der Waals surface area (Å²) in [6, 6.07) is 7.05. The molecule has 0 aliphatic carbocycles. The van der Waals surface area contributed by atoms with Crippen LogP contribution in [0.1, 0.15) is 18.5 Å². The Balaban J connectivity index is 1.41. The highest BCUT2D eigenvalue weighted by Crippen LogP contribution is 2.19. The zero-order valence-electron chi connectivity index (χ0n) is 15.0. The summed E-state index contributed by atoms with van der Waals surface area (Å²) in [6.07, 6.45) is 2.34. The molecule has 3 rings (SSSR count). The molecule has 1 saturated heterocycles. The largest absolute Gasteiger partial charge is 0.491 e. The summed E-state index contributed by atoms with van der Waals surface area (Å²) in [4.78, 5) is 18.4. The molecule has 1 aromatic heterocycles. The second-order valence-corrected chi connectivity index (χ2v) is 7.13. The molecule has 2 aromatic rings. The number of thiazole rings is 1. The Bertz CT molecular complexity index is 711. The molecule has 0 saturated carbocycles. The van der Waals surface area contributed by atoms with Crippen LogP contribution in [0.15, 0.2) is 29.6 Å². The first-order valence-corrected chi connectivity index (χ1v) is 9.49. The molecule has 1 aliphatic heterocycles. The molecule has 0 radical (unpaired) electrons. The van der Waals surface area contributed by atoms with Crippen LogP contribution in [0.4, 0.5) is 15.6 Å². The number of anilines is 2. The Morgan fingerprint density at radius 2 is 2.19 bits per heavy atom. The molecule has 2 amide bonds. The van der Waals surface area contributed by atoms with Gasteiger partial charge in [-0.3, -0.25) is 0 Å². The molecule has 8 heteroatoms. The molecule has 2 N–H and O–H groups in total. The van der Waals surface area contributed by atoms with Gasteiger partial charge in [0.05, 0.1) is 18.3 Å². The van der Waals surface area contributed by atoms with Gasteiger partial charge in [-0.05, 0) is 37.1 Å². The summed E-state index contributed by atoms with van der Waals surface area (Å²) in [5.41, 5.74) is 1.55. The van der Waals surface area contributed by atoms with Crippen LogP contribution < -0.4 is 20.3 Å². The minimum absolute atomic E-state index is 0.192. The summed E-state index contributed by atoms with van der Waals surface area (Å²) in [5, 5.41) is 8.46. The topological polar surface area (TPSA) is 75.7 Å². The fraction of sp³-hybridized carbons (Fsp3) is 0.444. The Morgan fingerprint density at radius 1 is 1.38 bits per heavy atom. The van der Waals surface area contributed by atoms with E-state index in [1.165, 1.54) is 0 Å². The summed E-state index contributed by atoms with van der Waals surface area (Å²) < 4.78 is 11.2. The van der Waals surface area contributed by atoms with Gasteiger partial charge in [-0.1, -0.05) is 0 Å². The van der Waals surface area contributed by atoms with Gasteiger partial charge in [0.15, 0.2) is 5.13 Å². The lowest BCUT2D eigenvalue weighted by Gasteiger charge is -2.12. The maximum Gasteiger partial charge on any atom is 0.319 e. The van der Waals surface area contributed by atoms with Crippen molar-refractivity contribution in [2.45, 2.75) is 25.5 Å². The van der Waals surface area contributed by atoms with E-state index in [0.29, 0.717) is 18.8 Å². The Labute approximate surface area is 157 Å². The first-order valence-electron chi connectivity index (χ1n) is 8.61. The van der Waals surface area contributed by atoms with Crippen molar-refractivity contribution < 1.29 is 14.3 Å². The standard InChI is InChI=1S/C18H24N4O3S/c1-22(2)18-21-14(12-26-18)10-19-17(23)20-13-5-7-15(8-6-13)25-11-16-4-3-9-24-16/h5-8,12,16H,3-4,9-11H2,1-2H3,(H2,19,20,23). The van der Waals surface area contributed by atoms with Crippen molar-refractivity contribution in [1.29, 1.82) is 0 Å². The van der Waals surface area contributed by atoms with E-state index in [-0.39, 0.29) is 12.1 Å². The predicted octanol–water partition coefficient (Wildman–Crippen LogP) is 3.09. The van der Waals surface area contributed by atoms with Crippen LogP contribution in [0.3, 0.4) is 0 Å². The molecule has 1 atom stereocenters. The monoisotopic (exact) mass is 376 g/mol. The van der Waals surface area contributed by atoms with Crippen molar-refractivity contribution >= 4 is 28.2 Å². The van der Waals surface area contributed by atoms with E-state index in [4.69, 9.17) is 9.47 Å². The zero-order valence-corrected chi connectivity index (χ0v) is 15.8. The molecular weight excluding hydrogens is 352 g/mol. The number of urea groups is 1. The highest BCUT2D eigenvalue weighted by atomic mass is 32.1. The van der Waals surface area contributed by atoms with Crippen molar-refractivity contribution in [3.8, 4) is 5.75 Å². The van der Waals surface area contributed by atoms with Gasteiger partial charge < -0.3 is 25.0 Å². The molecule has 0 bridgehead atoms. The molecule has 2 heterocycles. The van der Waals surface area contributed by atoms with E-state index in [1.807, 2.05) is 48.6 Å². The maximum absolute atomic E-state index is 12.0. The third-order valence-electron chi connectivity index (χ3n) is 3.92. The lowest BCUT2D eigenvalue weighted by Crippen LogP contribution is -2.28. The van der Waals surface area contributed by atoms with E-state index < -0.39 is 0 Å². The molecule has 26 heavy (non-hydrogen) atoms. The normalized spacial score (nSPS) is 16.3. The van der Waals surface area contributed by atoms with Crippen LogP contribution in [0.25, 0.3) is 0 Å². The van der Waals surface area contributed by atoms with Crippen molar-refractivity contribution in [2.75, 3.05) is 37.5 Å². The van der Waals surface area contributed by atoms with E-state index in [9.17, 15) is 4.79 Å². The molecule has 140 valence electrons. The first kappa shape index (κ1) is 18.5. The molecule has 1 aromatic carbocycles. The van der Waals surface area contributed by atoms with Gasteiger partial charge in [0.1, 0.15) is 12.4 Å². The average molecular weight is 376 g/mol. The summed E-state index contributed by atoms with van der Waals surface area (Å²) >= 11 is 1.55. The lowest BCUT2D eigenvalue weighted by atomic mass is 10.2. The number of hydrogen-bond donors (Lipinski definition) is 2. The lowest BCUT2D eigenvalue weighted by molar-refractivity contribution is 0.0679.